The Kier molecular flexibility index (Phi) is 6.37. The molecular weight excluding hydrogens is 428 g/mol. The Bertz CT molecular complexity index is 953. The van der Waals surface area contributed by atoms with E-state index in [2.05, 4.69) is 94.3 Å². The number of fused-ring (bicyclic) bond motifs is 1. The van der Waals surface area contributed by atoms with E-state index in [-0.39, 0.29) is 17.1 Å². The molecule has 0 amide bonds. The molecule has 0 saturated carbocycles. The Morgan fingerprint density at radius 2 is 1.48 bits per heavy atom. The van der Waals surface area contributed by atoms with Gasteiger partial charge in [-0.1, -0.05) is 88.4 Å². The van der Waals surface area contributed by atoms with E-state index in [1.165, 1.54) is 10.4 Å². The van der Waals surface area contributed by atoms with E-state index in [9.17, 15) is 0 Å². The number of rotatable bonds is 6. The molecule has 2 aliphatic heterocycles. The van der Waals surface area contributed by atoms with Gasteiger partial charge in [-0.3, -0.25) is 0 Å². The molecule has 0 spiro atoms. The third-order valence-electron chi connectivity index (χ3n) is 7.11. The van der Waals surface area contributed by atoms with Gasteiger partial charge in [-0.05, 0) is 29.3 Å². The molecule has 2 aromatic carbocycles. The van der Waals surface area contributed by atoms with Gasteiger partial charge in [-0.25, -0.2) is 0 Å². The van der Waals surface area contributed by atoms with Gasteiger partial charge < -0.3 is 18.6 Å². The summed E-state index contributed by atoms with van der Waals surface area (Å²) >= 11 is 0. The van der Waals surface area contributed by atoms with Gasteiger partial charge in [0.25, 0.3) is 8.32 Å². The van der Waals surface area contributed by atoms with Crippen LogP contribution in [0.25, 0.3) is 0 Å². The Morgan fingerprint density at radius 3 is 1.94 bits per heavy atom. The maximum Gasteiger partial charge on any atom is 0.261 e. The molecule has 176 valence electrons. The molecule has 2 aromatic rings. The maximum absolute atomic E-state index is 7.20. The molecule has 4 nitrogen and oxygen atoms in total. The van der Waals surface area contributed by atoms with Crippen LogP contribution >= 0.6 is 0 Å². The summed E-state index contributed by atoms with van der Waals surface area (Å²) in [6.45, 7) is 13.2. The van der Waals surface area contributed by atoms with E-state index in [1.807, 2.05) is 13.8 Å². The molecule has 2 heterocycles. The largest absolute Gasteiger partial charge is 0.404 e. The Hall–Kier alpha value is -1.94. The van der Waals surface area contributed by atoms with E-state index in [0.29, 0.717) is 13.0 Å². The van der Waals surface area contributed by atoms with Gasteiger partial charge in [0.2, 0.25) is 0 Å². The first kappa shape index (κ1) is 24.2. The SMILES string of the molecule is C#CC[C@@]1(CO[Si](c2ccccc2)(c2ccccc2)C(C)(C)C)O[C@@H]2OC(C)(C)O[C@@H]2[C@@H]1C. The van der Waals surface area contributed by atoms with Gasteiger partial charge in [0.1, 0.15) is 11.7 Å². The zero-order valence-corrected chi connectivity index (χ0v) is 21.6. The predicted octanol–water partition coefficient (Wildman–Crippen LogP) is 4.47. The summed E-state index contributed by atoms with van der Waals surface area (Å²) in [5.74, 6) is 2.21. The van der Waals surface area contributed by atoms with Crippen molar-refractivity contribution in [1.29, 1.82) is 0 Å². The van der Waals surface area contributed by atoms with Crippen molar-refractivity contribution >= 4 is 18.7 Å². The van der Waals surface area contributed by atoms with Crippen molar-refractivity contribution in [3.63, 3.8) is 0 Å². The normalized spacial score (nSPS) is 28.9. The van der Waals surface area contributed by atoms with Gasteiger partial charge >= 0.3 is 0 Å². The highest BCUT2D eigenvalue weighted by Crippen LogP contribution is 2.48. The minimum absolute atomic E-state index is 0.0264. The lowest BCUT2D eigenvalue weighted by Crippen LogP contribution is -2.68. The highest BCUT2D eigenvalue weighted by molar-refractivity contribution is 6.99. The lowest BCUT2D eigenvalue weighted by Gasteiger charge is -2.45. The van der Waals surface area contributed by atoms with Crippen molar-refractivity contribution in [1.82, 2.24) is 0 Å². The second-order valence-electron chi connectivity index (χ2n) is 10.8. The van der Waals surface area contributed by atoms with Crippen molar-refractivity contribution in [2.75, 3.05) is 6.61 Å². The average molecular weight is 465 g/mol. The van der Waals surface area contributed by atoms with Gasteiger partial charge in [-0.2, -0.15) is 0 Å². The molecule has 4 rings (SSSR count). The zero-order valence-electron chi connectivity index (χ0n) is 20.6. The van der Waals surface area contributed by atoms with E-state index < -0.39 is 26.0 Å². The third-order valence-corrected chi connectivity index (χ3v) is 12.1. The first-order chi connectivity index (χ1) is 15.5. The summed E-state index contributed by atoms with van der Waals surface area (Å²) in [4.78, 5) is 0. The fourth-order valence-corrected chi connectivity index (χ4v) is 10.0. The van der Waals surface area contributed by atoms with E-state index in [4.69, 9.17) is 25.1 Å². The summed E-state index contributed by atoms with van der Waals surface area (Å²) in [6.07, 6.45) is 5.68. The van der Waals surface area contributed by atoms with Gasteiger partial charge in [0, 0.05) is 12.3 Å². The van der Waals surface area contributed by atoms with Crippen LogP contribution in [0.2, 0.25) is 5.04 Å². The molecule has 0 radical (unpaired) electrons. The molecule has 4 atom stereocenters. The van der Waals surface area contributed by atoms with Crippen LogP contribution in [0.3, 0.4) is 0 Å². The fourth-order valence-electron chi connectivity index (χ4n) is 5.41. The molecule has 33 heavy (non-hydrogen) atoms. The van der Waals surface area contributed by atoms with Crippen LogP contribution in [0.4, 0.5) is 0 Å². The van der Waals surface area contributed by atoms with Crippen LogP contribution in [0.1, 0.15) is 48.0 Å². The van der Waals surface area contributed by atoms with Gasteiger partial charge in [0.15, 0.2) is 12.1 Å². The van der Waals surface area contributed by atoms with Crippen molar-refractivity contribution in [3.05, 3.63) is 60.7 Å². The van der Waals surface area contributed by atoms with Crippen LogP contribution in [0, 0.1) is 18.3 Å². The van der Waals surface area contributed by atoms with Crippen LogP contribution in [0.5, 0.6) is 0 Å². The Morgan fingerprint density at radius 1 is 0.939 bits per heavy atom. The van der Waals surface area contributed by atoms with Crippen LogP contribution in [-0.4, -0.2) is 38.7 Å². The monoisotopic (exact) mass is 464 g/mol. The Labute approximate surface area is 199 Å². The summed E-state index contributed by atoms with van der Waals surface area (Å²) in [6, 6.07) is 21.3. The van der Waals surface area contributed by atoms with E-state index in [0.717, 1.165) is 0 Å². The zero-order chi connectivity index (χ0) is 23.9. The van der Waals surface area contributed by atoms with Crippen molar-refractivity contribution in [2.45, 2.75) is 76.8 Å². The number of benzene rings is 2. The maximum atomic E-state index is 7.20. The second kappa shape index (κ2) is 8.68. The molecule has 2 aliphatic rings. The minimum Gasteiger partial charge on any atom is -0.404 e. The van der Waals surface area contributed by atoms with Crippen molar-refractivity contribution in [3.8, 4) is 12.3 Å². The molecule has 2 fully saturated rings. The van der Waals surface area contributed by atoms with Gasteiger partial charge in [-0.15, -0.1) is 12.3 Å². The third kappa shape index (κ3) is 4.20. The highest BCUT2D eigenvalue weighted by Gasteiger charge is 2.61. The molecule has 0 aliphatic carbocycles. The quantitative estimate of drug-likeness (QED) is 0.467. The van der Waals surface area contributed by atoms with E-state index in [1.54, 1.807) is 0 Å². The number of hydrogen-bond acceptors (Lipinski definition) is 4. The molecule has 5 heteroatoms. The number of ether oxygens (including phenoxy) is 3. The fraction of sp³-hybridized carbons (Fsp3) is 0.500. The molecular formula is C28H36O4Si. The van der Waals surface area contributed by atoms with Crippen LogP contribution in [-0.2, 0) is 18.6 Å². The molecule has 2 saturated heterocycles. The first-order valence-corrected chi connectivity index (χ1v) is 13.7. The molecule has 0 unspecified atom stereocenters. The second-order valence-corrected chi connectivity index (χ2v) is 15.1. The van der Waals surface area contributed by atoms with Gasteiger partial charge in [0.05, 0.1) is 6.61 Å². The summed E-state index contributed by atoms with van der Waals surface area (Å²) in [5.41, 5.74) is -0.673. The van der Waals surface area contributed by atoms with Crippen molar-refractivity contribution < 1.29 is 18.6 Å². The lowest BCUT2D eigenvalue weighted by molar-refractivity contribution is -0.235. The molecule has 0 aromatic heterocycles. The smallest absolute Gasteiger partial charge is 0.261 e. The number of hydrogen-bond donors (Lipinski definition) is 0. The average Bonchev–Trinajstić information content (AvgIpc) is 3.19. The Balaban J connectivity index is 1.75. The summed E-state index contributed by atoms with van der Waals surface area (Å²) in [7, 11) is -2.72. The summed E-state index contributed by atoms with van der Waals surface area (Å²) in [5, 5.41) is 2.35. The molecule has 0 N–H and O–H groups in total. The van der Waals surface area contributed by atoms with Crippen LogP contribution in [0.15, 0.2) is 60.7 Å². The standard InChI is InChI=1S/C28H36O4Si/c1-8-19-28(21(2)24-25(32-28)31-27(6,7)30-24)20-29-33(26(3,4)5,22-15-11-9-12-16-22)23-17-13-10-14-18-23/h1,9-18,21,24-25H,19-20H2,2-7H3/t21-,24+,25-,28-/m0/s1. The molecule has 0 bridgehead atoms. The van der Waals surface area contributed by atoms with E-state index >= 15 is 0 Å². The lowest BCUT2D eigenvalue weighted by atomic mass is 9.85. The first-order valence-electron chi connectivity index (χ1n) is 11.8. The van der Waals surface area contributed by atoms with Crippen LogP contribution < -0.4 is 10.4 Å². The number of terminal acetylenes is 1. The highest BCUT2D eigenvalue weighted by atomic mass is 28.4. The van der Waals surface area contributed by atoms with Crippen molar-refractivity contribution in [2.24, 2.45) is 5.92 Å². The predicted molar refractivity (Wildman–Crippen MR) is 134 cm³/mol. The topological polar surface area (TPSA) is 36.9 Å². The summed E-state index contributed by atoms with van der Waals surface area (Å²) < 4.78 is 26.0. The minimum atomic E-state index is -2.72.